The van der Waals surface area contributed by atoms with Crippen molar-refractivity contribution in [1.29, 1.82) is 0 Å². The molecular formula is C23H32N6O3S2. The van der Waals surface area contributed by atoms with Gasteiger partial charge in [0.2, 0.25) is 10.0 Å². The minimum Gasteiger partial charge on any atom is -0.493 e. The molecule has 1 aliphatic heterocycles. The van der Waals surface area contributed by atoms with E-state index in [0.29, 0.717) is 41.5 Å². The number of rotatable bonds is 7. The van der Waals surface area contributed by atoms with E-state index in [0.717, 1.165) is 29.6 Å². The van der Waals surface area contributed by atoms with Gasteiger partial charge in [0.1, 0.15) is 17.1 Å². The second-order valence-corrected chi connectivity index (χ2v) is 11.1. The molecule has 0 radical (unpaired) electrons. The van der Waals surface area contributed by atoms with Crippen LogP contribution in [0, 0.1) is 4.64 Å². The molecule has 2 aromatic heterocycles. The van der Waals surface area contributed by atoms with Crippen LogP contribution in [0.1, 0.15) is 39.8 Å². The normalized spacial score (nSPS) is 19.6. The molecule has 2 N–H and O–H groups in total. The van der Waals surface area contributed by atoms with Crippen LogP contribution in [0.3, 0.4) is 0 Å². The Kier molecular flexibility index (Phi) is 7.09. The summed E-state index contributed by atoms with van der Waals surface area (Å²) in [6.07, 6.45) is 1.72. The Bertz CT molecular complexity index is 1360. The fraction of sp³-hybridized carbons (Fsp3) is 0.522. The van der Waals surface area contributed by atoms with Crippen LogP contribution in [0.5, 0.6) is 5.75 Å². The van der Waals surface area contributed by atoms with Crippen molar-refractivity contribution in [3.05, 3.63) is 28.5 Å². The maximum Gasteiger partial charge on any atom is 0.243 e. The Labute approximate surface area is 205 Å². The van der Waals surface area contributed by atoms with E-state index in [4.69, 9.17) is 17.0 Å². The van der Waals surface area contributed by atoms with Crippen molar-refractivity contribution in [2.45, 2.75) is 57.5 Å². The third-order valence-electron chi connectivity index (χ3n) is 5.93. The number of hydrogen-bond acceptors (Lipinski definition) is 7. The van der Waals surface area contributed by atoms with Crippen LogP contribution >= 0.6 is 12.2 Å². The number of H-pyrrole nitrogens is 1. The smallest absolute Gasteiger partial charge is 0.243 e. The summed E-state index contributed by atoms with van der Waals surface area (Å²) < 4.78 is 36.6. The molecule has 9 nitrogen and oxygen atoms in total. The Balaban J connectivity index is 1.86. The maximum absolute atomic E-state index is 13.5. The van der Waals surface area contributed by atoms with Crippen molar-refractivity contribution in [2.75, 3.05) is 19.7 Å². The number of aryl methyl sites for hydroxylation is 2. The summed E-state index contributed by atoms with van der Waals surface area (Å²) >= 11 is 5.60. The summed E-state index contributed by atoms with van der Waals surface area (Å²) in [4.78, 5) is 8.18. The average Bonchev–Trinajstić information content (AvgIpc) is 3.09. The zero-order valence-electron chi connectivity index (χ0n) is 20.3. The third-order valence-corrected chi connectivity index (χ3v) is 8.05. The second-order valence-electron chi connectivity index (χ2n) is 8.82. The zero-order chi connectivity index (χ0) is 24.6. The molecule has 2 atom stereocenters. The first-order chi connectivity index (χ1) is 16.1. The van der Waals surface area contributed by atoms with Crippen LogP contribution in [-0.4, -0.2) is 64.3 Å². The largest absolute Gasteiger partial charge is 0.493 e. The van der Waals surface area contributed by atoms with Gasteiger partial charge in [-0.2, -0.15) is 9.40 Å². The molecule has 0 bridgehead atoms. The van der Waals surface area contributed by atoms with Gasteiger partial charge < -0.3 is 15.0 Å². The number of piperazine rings is 1. The average molecular weight is 505 g/mol. The van der Waals surface area contributed by atoms with E-state index in [9.17, 15) is 8.42 Å². The predicted octanol–water partition coefficient (Wildman–Crippen LogP) is 3.41. The number of nitrogens with one attached hydrogen (secondary N) is 2. The van der Waals surface area contributed by atoms with E-state index >= 15 is 0 Å². The highest BCUT2D eigenvalue weighted by molar-refractivity contribution is 7.89. The molecule has 1 aliphatic rings. The van der Waals surface area contributed by atoms with Crippen molar-refractivity contribution in [2.24, 2.45) is 7.05 Å². The number of nitrogens with zero attached hydrogens (tertiary/aromatic N) is 4. The number of aromatic amines is 1. The van der Waals surface area contributed by atoms with E-state index < -0.39 is 10.0 Å². The van der Waals surface area contributed by atoms with E-state index in [2.05, 4.69) is 27.3 Å². The second kappa shape index (κ2) is 9.73. The molecule has 0 amide bonds. The molecule has 3 aromatic rings. The van der Waals surface area contributed by atoms with Gasteiger partial charge in [0, 0.05) is 32.2 Å². The molecule has 34 heavy (non-hydrogen) atoms. The van der Waals surface area contributed by atoms with Crippen LogP contribution in [0.25, 0.3) is 22.4 Å². The van der Waals surface area contributed by atoms with E-state index in [1.807, 2.05) is 27.8 Å². The van der Waals surface area contributed by atoms with Gasteiger partial charge in [-0.1, -0.05) is 25.6 Å². The number of aromatic nitrogens is 4. The van der Waals surface area contributed by atoms with Gasteiger partial charge >= 0.3 is 0 Å². The molecule has 1 saturated heterocycles. The quantitative estimate of drug-likeness (QED) is 0.475. The highest BCUT2D eigenvalue weighted by Gasteiger charge is 2.32. The lowest BCUT2D eigenvalue weighted by Gasteiger charge is -2.35. The molecule has 2 unspecified atom stereocenters. The molecule has 3 heterocycles. The Morgan fingerprint density at radius 2 is 1.91 bits per heavy atom. The van der Waals surface area contributed by atoms with Crippen molar-refractivity contribution >= 4 is 33.3 Å². The number of fused-ring (bicyclic) bond motifs is 1. The standard InChI is InChI=1S/C23H32N6O3S2/c1-6-8-18-20-21(28(5)27-18)23(33)26-22(25-20)17-11-16(9-10-19(17)32-7-2)34(30,31)29-12-14(3)24-15(4)13-29/h9-11,14-15,24H,6-8,12-13H2,1-5H3,(H,25,26,33). The zero-order valence-corrected chi connectivity index (χ0v) is 21.9. The maximum atomic E-state index is 13.5. The number of sulfonamides is 1. The molecule has 0 aliphatic carbocycles. The van der Waals surface area contributed by atoms with Gasteiger partial charge in [-0.15, -0.1) is 0 Å². The fourth-order valence-electron chi connectivity index (χ4n) is 4.55. The van der Waals surface area contributed by atoms with Crippen LogP contribution in [0.4, 0.5) is 0 Å². The molecule has 1 aromatic carbocycles. The lowest BCUT2D eigenvalue weighted by atomic mass is 10.1. The minimum atomic E-state index is -3.70. The van der Waals surface area contributed by atoms with Gasteiger partial charge in [-0.3, -0.25) is 4.68 Å². The molecule has 0 saturated carbocycles. The first-order valence-electron chi connectivity index (χ1n) is 11.6. The van der Waals surface area contributed by atoms with Crippen molar-refractivity contribution in [3.63, 3.8) is 0 Å². The first-order valence-corrected chi connectivity index (χ1v) is 13.5. The van der Waals surface area contributed by atoms with Crippen LogP contribution in [0.2, 0.25) is 0 Å². The molecule has 1 fully saturated rings. The summed E-state index contributed by atoms with van der Waals surface area (Å²) in [7, 11) is -1.85. The summed E-state index contributed by atoms with van der Waals surface area (Å²) in [5, 5.41) is 7.98. The third kappa shape index (κ3) is 4.61. The van der Waals surface area contributed by atoms with Crippen molar-refractivity contribution in [1.82, 2.24) is 29.4 Å². The summed E-state index contributed by atoms with van der Waals surface area (Å²) in [5.74, 6) is 1.01. The highest BCUT2D eigenvalue weighted by Crippen LogP contribution is 2.33. The van der Waals surface area contributed by atoms with Crippen LogP contribution < -0.4 is 10.1 Å². The van der Waals surface area contributed by atoms with E-state index in [1.54, 1.807) is 22.9 Å². The Morgan fingerprint density at radius 3 is 2.56 bits per heavy atom. The van der Waals surface area contributed by atoms with Gasteiger partial charge in [0.15, 0.2) is 4.64 Å². The molecule has 184 valence electrons. The van der Waals surface area contributed by atoms with Crippen molar-refractivity contribution < 1.29 is 13.2 Å². The first kappa shape index (κ1) is 24.8. The van der Waals surface area contributed by atoms with Gasteiger partial charge in [0.25, 0.3) is 0 Å². The lowest BCUT2D eigenvalue weighted by Crippen LogP contribution is -2.55. The molecule has 11 heteroatoms. The van der Waals surface area contributed by atoms with E-state index in [-0.39, 0.29) is 17.0 Å². The Hall–Kier alpha value is -2.34. The summed E-state index contributed by atoms with van der Waals surface area (Å²) in [6.45, 7) is 9.22. The Morgan fingerprint density at radius 1 is 1.21 bits per heavy atom. The van der Waals surface area contributed by atoms with E-state index in [1.165, 1.54) is 4.31 Å². The summed E-state index contributed by atoms with van der Waals surface area (Å²) in [6, 6.07) is 5.07. The van der Waals surface area contributed by atoms with Crippen molar-refractivity contribution in [3.8, 4) is 17.1 Å². The van der Waals surface area contributed by atoms with Gasteiger partial charge in [0.05, 0.1) is 28.3 Å². The highest BCUT2D eigenvalue weighted by atomic mass is 32.2. The molecule has 0 spiro atoms. The predicted molar refractivity (Wildman–Crippen MR) is 135 cm³/mol. The monoisotopic (exact) mass is 504 g/mol. The topological polar surface area (TPSA) is 105 Å². The van der Waals surface area contributed by atoms with Crippen LogP contribution in [0.15, 0.2) is 23.1 Å². The molecular weight excluding hydrogens is 472 g/mol. The SMILES string of the molecule is CCCc1nn(C)c2c(=S)nc(-c3cc(S(=O)(=O)N4CC(C)NC(C)C4)ccc3OCC)[nH]c12. The number of hydrogen-bond donors (Lipinski definition) is 2. The minimum absolute atomic E-state index is 0.0726. The number of benzene rings is 1. The fourth-order valence-corrected chi connectivity index (χ4v) is 6.52. The summed E-state index contributed by atoms with van der Waals surface area (Å²) in [5.41, 5.74) is 3.03. The van der Waals surface area contributed by atoms with Gasteiger partial charge in [-0.25, -0.2) is 13.4 Å². The van der Waals surface area contributed by atoms with Crippen LogP contribution in [-0.2, 0) is 23.5 Å². The lowest BCUT2D eigenvalue weighted by molar-refractivity contribution is 0.263. The molecule has 4 rings (SSSR count). The number of ether oxygens (including phenoxy) is 1. The van der Waals surface area contributed by atoms with Gasteiger partial charge in [-0.05, 0) is 45.4 Å².